The summed E-state index contributed by atoms with van der Waals surface area (Å²) in [5.74, 6) is 2.02. The highest BCUT2D eigenvalue weighted by atomic mass is 79.9. The summed E-state index contributed by atoms with van der Waals surface area (Å²) in [6.07, 6.45) is 6.26. The molecule has 0 unspecified atom stereocenters. The van der Waals surface area contributed by atoms with Gasteiger partial charge in [-0.1, -0.05) is 22.0 Å². The Bertz CT molecular complexity index is 1260. The van der Waals surface area contributed by atoms with E-state index in [2.05, 4.69) is 41.0 Å². The zero-order chi connectivity index (χ0) is 27.0. The maximum Gasteiger partial charge on any atom is 0.320 e. The molecule has 1 saturated heterocycles. The fourth-order valence-electron chi connectivity index (χ4n) is 5.10. The van der Waals surface area contributed by atoms with Gasteiger partial charge in [-0.15, -0.1) is 0 Å². The molecular formula is C29H36BrN5O4. The highest BCUT2D eigenvalue weighted by Gasteiger charge is 2.22. The second kappa shape index (κ2) is 13.4. The largest absolute Gasteiger partial charge is 0.488 e. The number of carbonyl (C=O) groups is 1. The summed E-state index contributed by atoms with van der Waals surface area (Å²) in [7, 11) is 0. The lowest BCUT2D eigenvalue weighted by molar-refractivity contribution is -0.144. The number of rotatable bonds is 11. The number of nitrogens with zero attached hydrogens (tertiary/aromatic N) is 4. The molecule has 0 atom stereocenters. The number of anilines is 2. The average molecular weight is 599 g/mol. The molecular weight excluding hydrogens is 562 g/mol. The molecule has 0 bridgehead atoms. The number of aromatic nitrogens is 2. The summed E-state index contributed by atoms with van der Waals surface area (Å²) in [5, 5.41) is 4.30. The minimum atomic E-state index is -0.154. The van der Waals surface area contributed by atoms with Crippen molar-refractivity contribution in [2.45, 2.75) is 38.7 Å². The van der Waals surface area contributed by atoms with Crippen LogP contribution < -0.4 is 14.8 Å². The van der Waals surface area contributed by atoms with Crippen LogP contribution in [0.3, 0.4) is 0 Å². The molecule has 0 radical (unpaired) electrons. The third kappa shape index (κ3) is 7.58. The predicted octanol–water partition coefficient (Wildman–Crippen LogP) is 5.02. The lowest BCUT2D eigenvalue weighted by Crippen LogP contribution is -2.49. The quantitative estimate of drug-likeness (QED) is 0.306. The molecule has 5 rings (SSSR count). The Balaban J connectivity index is 1.26. The number of esters is 1. The van der Waals surface area contributed by atoms with E-state index in [-0.39, 0.29) is 12.1 Å². The molecule has 208 valence electrons. The van der Waals surface area contributed by atoms with E-state index in [0.29, 0.717) is 25.5 Å². The first-order valence-corrected chi connectivity index (χ1v) is 14.6. The van der Waals surface area contributed by atoms with Crippen molar-refractivity contribution in [2.75, 3.05) is 57.8 Å². The Labute approximate surface area is 238 Å². The summed E-state index contributed by atoms with van der Waals surface area (Å²) >= 11 is 3.53. The average Bonchev–Trinajstić information content (AvgIpc) is 3.44. The van der Waals surface area contributed by atoms with Gasteiger partial charge in [-0.05, 0) is 56.9 Å². The summed E-state index contributed by atoms with van der Waals surface area (Å²) in [4.78, 5) is 25.3. The van der Waals surface area contributed by atoms with Crippen molar-refractivity contribution in [3.05, 3.63) is 47.2 Å². The first-order chi connectivity index (χ1) is 19.1. The Morgan fingerprint density at radius 3 is 2.62 bits per heavy atom. The van der Waals surface area contributed by atoms with Crippen molar-refractivity contribution in [3.63, 3.8) is 0 Å². The monoisotopic (exact) mass is 597 g/mol. The molecule has 2 fully saturated rings. The topological polar surface area (TPSA) is 89.1 Å². The van der Waals surface area contributed by atoms with Crippen LogP contribution in [0.4, 0.5) is 11.5 Å². The third-order valence-electron chi connectivity index (χ3n) is 7.17. The number of piperazine rings is 1. The molecule has 2 aromatic carbocycles. The first kappa shape index (κ1) is 27.6. The molecule has 1 N–H and O–H groups in total. The molecule has 0 spiro atoms. The van der Waals surface area contributed by atoms with Crippen molar-refractivity contribution >= 4 is 44.3 Å². The molecule has 1 aliphatic heterocycles. The second-order valence-corrected chi connectivity index (χ2v) is 10.9. The SMILES string of the molecule is CCOC(=O)CN1CCN(CCOc2cc3ncnc(Nc4cccc(Br)c4)c3cc2OC2CCCC2)CC1. The minimum Gasteiger partial charge on any atom is -0.488 e. The summed E-state index contributed by atoms with van der Waals surface area (Å²) < 4.78 is 18.9. The van der Waals surface area contributed by atoms with Gasteiger partial charge in [-0.25, -0.2) is 9.97 Å². The zero-order valence-electron chi connectivity index (χ0n) is 22.4. The van der Waals surface area contributed by atoms with E-state index in [0.717, 1.165) is 78.2 Å². The maximum absolute atomic E-state index is 11.8. The molecule has 2 heterocycles. The Hall–Kier alpha value is -2.95. The van der Waals surface area contributed by atoms with Gasteiger partial charge in [0, 0.05) is 54.3 Å². The van der Waals surface area contributed by atoms with Crippen LogP contribution in [0, 0.1) is 0 Å². The highest BCUT2D eigenvalue weighted by molar-refractivity contribution is 9.10. The molecule has 1 saturated carbocycles. The normalized spacial score (nSPS) is 16.9. The van der Waals surface area contributed by atoms with E-state index in [9.17, 15) is 4.79 Å². The number of hydrogen-bond acceptors (Lipinski definition) is 9. The highest BCUT2D eigenvalue weighted by Crippen LogP contribution is 2.37. The number of carbonyl (C=O) groups excluding carboxylic acids is 1. The molecule has 39 heavy (non-hydrogen) atoms. The van der Waals surface area contributed by atoms with Gasteiger partial charge < -0.3 is 19.5 Å². The van der Waals surface area contributed by atoms with Gasteiger partial charge in [-0.2, -0.15) is 0 Å². The van der Waals surface area contributed by atoms with Crippen LogP contribution in [-0.4, -0.2) is 84.3 Å². The number of nitrogens with one attached hydrogen (secondary N) is 1. The van der Waals surface area contributed by atoms with Crippen LogP contribution in [0.25, 0.3) is 10.9 Å². The smallest absolute Gasteiger partial charge is 0.320 e. The van der Waals surface area contributed by atoms with Crippen molar-refractivity contribution in [1.82, 2.24) is 19.8 Å². The van der Waals surface area contributed by atoms with Crippen molar-refractivity contribution < 1.29 is 19.0 Å². The van der Waals surface area contributed by atoms with Gasteiger partial charge in [-0.3, -0.25) is 14.6 Å². The van der Waals surface area contributed by atoms with Gasteiger partial charge in [0.15, 0.2) is 11.5 Å². The van der Waals surface area contributed by atoms with E-state index in [4.69, 9.17) is 14.2 Å². The van der Waals surface area contributed by atoms with Crippen LogP contribution in [-0.2, 0) is 9.53 Å². The lowest BCUT2D eigenvalue weighted by Gasteiger charge is -2.33. The second-order valence-electron chi connectivity index (χ2n) is 9.97. The molecule has 9 nitrogen and oxygen atoms in total. The van der Waals surface area contributed by atoms with Crippen molar-refractivity contribution in [2.24, 2.45) is 0 Å². The standard InChI is InChI=1S/C29H36BrN5O4/c1-2-37-28(36)19-35-12-10-34(11-13-35)14-15-38-26-18-25-24(17-27(26)39-23-8-3-4-9-23)29(32-20-31-25)33-22-7-5-6-21(30)16-22/h5-7,16-18,20,23H,2-4,8-15,19H2,1H3,(H,31,32,33). The van der Waals surface area contributed by atoms with Crippen LogP contribution in [0.1, 0.15) is 32.6 Å². The third-order valence-corrected chi connectivity index (χ3v) is 7.67. The fourth-order valence-corrected chi connectivity index (χ4v) is 5.50. The van der Waals surface area contributed by atoms with Gasteiger partial charge in [0.2, 0.25) is 0 Å². The van der Waals surface area contributed by atoms with Crippen LogP contribution in [0.15, 0.2) is 47.2 Å². The van der Waals surface area contributed by atoms with E-state index in [1.54, 1.807) is 6.33 Å². The molecule has 1 aromatic heterocycles. The van der Waals surface area contributed by atoms with Gasteiger partial charge >= 0.3 is 5.97 Å². The van der Waals surface area contributed by atoms with Gasteiger partial charge in [0.25, 0.3) is 0 Å². The zero-order valence-corrected chi connectivity index (χ0v) is 24.0. The van der Waals surface area contributed by atoms with Crippen LogP contribution in [0.5, 0.6) is 11.5 Å². The number of fused-ring (bicyclic) bond motifs is 1. The summed E-state index contributed by atoms with van der Waals surface area (Å²) in [5.41, 5.74) is 1.73. The maximum atomic E-state index is 11.8. The minimum absolute atomic E-state index is 0.154. The molecule has 10 heteroatoms. The lowest BCUT2D eigenvalue weighted by atomic mass is 10.2. The number of halogens is 1. The Morgan fingerprint density at radius 1 is 1.05 bits per heavy atom. The molecule has 2 aliphatic rings. The van der Waals surface area contributed by atoms with E-state index in [1.165, 1.54) is 12.8 Å². The van der Waals surface area contributed by atoms with E-state index < -0.39 is 0 Å². The molecule has 3 aromatic rings. The van der Waals surface area contributed by atoms with E-state index in [1.807, 2.05) is 43.3 Å². The fraction of sp³-hybridized carbons (Fsp3) is 0.483. The Morgan fingerprint density at radius 2 is 1.85 bits per heavy atom. The molecule has 0 amide bonds. The molecule has 1 aliphatic carbocycles. The van der Waals surface area contributed by atoms with Crippen LogP contribution >= 0.6 is 15.9 Å². The van der Waals surface area contributed by atoms with Gasteiger partial charge in [0.1, 0.15) is 18.8 Å². The first-order valence-electron chi connectivity index (χ1n) is 13.8. The number of benzene rings is 2. The number of hydrogen-bond donors (Lipinski definition) is 1. The van der Waals surface area contributed by atoms with Crippen molar-refractivity contribution in [1.29, 1.82) is 0 Å². The van der Waals surface area contributed by atoms with Gasteiger partial charge in [0.05, 0.1) is 24.8 Å². The predicted molar refractivity (Wildman–Crippen MR) is 155 cm³/mol. The summed E-state index contributed by atoms with van der Waals surface area (Å²) in [6, 6.07) is 12.0. The number of ether oxygens (including phenoxy) is 3. The van der Waals surface area contributed by atoms with Crippen LogP contribution in [0.2, 0.25) is 0 Å². The van der Waals surface area contributed by atoms with Crippen molar-refractivity contribution in [3.8, 4) is 11.5 Å². The van der Waals surface area contributed by atoms with E-state index >= 15 is 0 Å². The summed E-state index contributed by atoms with van der Waals surface area (Å²) in [6.45, 7) is 7.43. The Kier molecular flexibility index (Phi) is 9.49.